The van der Waals surface area contributed by atoms with Gasteiger partial charge >= 0.3 is 0 Å². The van der Waals surface area contributed by atoms with Crippen molar-refractivity contribution in [1.29, 1.82) is 0 Å². The number of Topliss-reactive ketones (excluding diaryl/α,β-unsaturated/α-hetero) is 1. The minimum Gasteiger partial charge on any atom is -0.507 e. The Morgan fingerprint density at radius 3 is 2.24 bits per heavy atom. The lowest BCUT2D eigenvalue weighted by molar-refractivity contribution is 0.105. The molecule has 34 heavy (non-hydrogen) atoms. The maximum atomic E-state index is 13.5. The number of ketones is 1. The highest BCUT2D eigenvalue weighted by molar-refractivity contribution is 7.90. The van der Waals surface area contributed by atoms with Gasteiger partial charge in [0.15, 0.2) is 5.78 Å². The number of allylic oxidation sites excluding steroid dienone is 2. The Morgan fingerprint density at radius 2 is 1.50 bits per heavy atom. The molecule has 5 rings (SSSR count). The van der Waals surface area contributed by atoms with Crippen LogP contribution in [0.15, 0.2) is 100 Å². The SMILES string of the molecule is COc1ccc(S(=O)(=O)/N=C2/C=C(c3c(O)ccc4ccccc34)C(=O)c3ccccc32)cc1. The lowest BCUT2D eigenvalue weighted by Crippen LogP contribution is -2.18. The summed E-state index contributed by atoms with van der Waals surface area (Å²) < 4.78 is 35.4. The monoisotopic (exact) mass is 469 g/mol. The zero-order chi connectivity index (χ0) is 23.9. The van der Waals surface area contributed by atoms with Crippen LogP contribution < -0.4 is 4.74 Å². The summed E-state index contributed by atoms with van der Waals surface area (Å²) >= 11 is 0. The lowest BCUT2D eigenvalue weighted by Gasteiger charge is -2.19. The molecule has 0 saturated carbocycles. The highest BCUT2D eigenvalue weighted by Gasteiger charge is 2.29. The number of fused-ring (bicyclic) bond motifs is 2. The number of ether oxygens (including phenoxy) is 1. The maximum Gasteiger partial charge on any atom is 0.282 e. The van der Waals surface area contributed by atoms with E-state index in [1.54, 1.807) is 42.5 Å². The van der Waals surface area contributed by atoms with Crippen LogP contribution in [0.1, 0.15) is 21.5 Å². The number of methoxy groups -OCH3 is 1. The van der Waals surface area contributed by atoms with Crippen LogP contribution in [0.2, 0.25) is 0 Å². The molecule has 4 aromatic carbocycles. The van der Waals surface area contributed by atoms with Crippen LogP contribution in [0, 0.1) is 0 Å². The number of carbonyl (C=O) groups excluding carboxylic acids is 1. The van der Waals surface area contributed by atoms with E-state index in [1.807, 2.05) is 24.3 Å². The van der Waals surface area contributed by atoms with Crippen molar-refractivity contribution in [3.63, 3.8) is 0 Å². The number of hydrogen-bond donors (Lipinski definition) is 1. The van der Waals surface area contributed by atoms with Crippen LogP contribution >= 0.6 is 0 Å². The Labute approximate surface area is 196 Å². The van der Waals surface area contributed by atoms with Crippen LogP contribution in [0.3, 0.4) is 0 Å². The third-order valence-corrected chi connectivity index (χ3v) is 7.03. The molecule has 1 aliphatic carbocycles. The van der Waals surface area contributed by atoms with Crippen molar-refractivity contribution in [3.8, 4) is 11.5 Å². The van der Waals surface area contributed by atoms with E-state index in [9.17, 15) is 18.3 Å². The summed E-state index contributed by atoms with van der Waals surface area (Å²) in [4.78, 5) is 13.5. The second-order valence-corrected chi connectivity index (χ2v) is 9.34. The summed E-state index contributed by atoms with van der Waals surface area (Å²) in [5, 5.41) is 12.2. The Morgan fingerprint density at radius 1 is 0.824 bits per heavy atom. The van der Waals surface area contributed by atoms with E-state index in [2.05, 4.69) is 4.40 Å². The normalized spacial score (nSPS) is 14.7. The Bertz CT molecular complexity index is 1620. The second kappa shape index (κ2) is 8.28. The van der Waals surface area contributed by atoms with Gasteiger partial charge in [0, 0.05) is 22.3 Å². The van der Waals surface area contributed by atoms with E-state index in [-0.39, 0.29) is 27.7 Å². The molecule has 0 spiro atoms. The Hall–Kier alpha value is -4.23. The first-order chi connectivity index (χ1) is 16.4. The summed E-state index contributed by atoms with van der Waals surface area (Å²) in [6.45, 7) is 0. The van der Waals surface area contributed by atoms with Gasteiger partial charge in [0.1, 0.15) is 11.5 Å². The van der Waals surface area contributed by atoms with Gasteiger partial charge in [-0.3, -0.25) is 4.79 Å². The number of phenols is 1. The van der Waals surface area contributed by atoms with Gasteiger partial charge in [0.2, 0.25) is 0 Å². The van der Waals surface area contributed by atoms with Crippen LogP contribution in [0.4, 0.5) is 0 Å². The van der Waals surface area contributed by atoms with Gasteiger partial charge in [-0.25, -0.2) is 0 Å². The zero-order valence-corrected chi connectivity index (χ0v) is 18.9. The van der Waals surface area contributed by atoms with Crippen LogP contribution in [0.25, 0.3) is 16.3 Å². The third kappa shape index (κ3) is 3.66. The molecule has 168 valence electrons. The molecule has 0 bridgehead atoms. The number of carbonyl (C=O) groups is 1. The number of benzene rings is 4. The van der Waals surface area contributed by atoms with Crippen molar-refractivity contribution in [2.45, 2.75) is 4.90 Å². The lowest BCUT2D eigenvalue weighted by atomic mass is 9.84. The van der Waals surface area contributed by atoms with E-state index >= 15 is 0 Å². The Kier molecular flexibility index (Phi) is 5.26. The number of phenolic OH excluding ortho intramolecular Hbond substituents is 1. The van der Waals surface area contributed by atoms with E-state index < -0.39 is 10.0 Å². The number of sulfonamides is 1. The van der Waals surface area contributed by atoms with Crippen molar-refractivity contribution in [2.24, 2.45) is 4.40 Å². The molecule has 0 aliphatic heterocycles. The second-order valence-electron chi connectivity index (χ2n) is 7.74. The van der Waals surface area contributed by atoms with Crippen molar-refractivity contribution in [2.75, 3.05) is 7.11 Å². The number of nitrogens with zero attached hydrogens (tertiary/aromatic N) is 1. The summed E-state index contributed by atoms with van der Waals surface area (Å²) in [5.41, 5.74) is 1.36. The van der Waals surface area contributed by atoms with Gasteiger partial charge in [-0.2, -0.15) is 12.8 Å². The smallest absolute Gasteiger partial charge is 0.282 e. The molecule has 0 unspecified atom stereocenters. The summed E-state index contributed by atoms with van der Waals surface area (Å²) in [5.74, 6) is 0.131. The molecule has 7 heteroatoms. The first-order valence-electron chi connectivity index (χ1n) is 10.4. The van der Waals surface area contributed by atoms with Crippen LogP contribution in [0.5, 0.6) is 11.5 Å². The molecule has 0 saturated heterocycles. The van der Waals surface area contributed by atoms with Gasteiger partial charge in [0.05, 0.1) is 17.7 Å². The maximum absolute atomic E-state index is 13.5. The molecular weight excluding hydrogens is 450 g/mol. The predicted octanol–water partition coefficient (Wildman–Crippen LogP) is 5.01. The van der Waals surface area contributed by atoms with Crippen LogP contribution in [-0.4, -0.2) is 32.1 Å². The molecular formula is C27H19NO5S. The quantitative estimate of drug-likeness (QED) is 0.453. The van der Waals surface area contributed by atoms with Crippen molar-refractivity contribution < 1.29 is 23.1 Å². The molecule has 0 atom stereocenters. The van der Waals surface area contributed by atoms with Gasteiger partial charge in [-0.05, 0) is 47.2 Å². The number of aromatic hydroxyl groups is 1. The van der Waals surface area contributed by atoms with Gasteiger partial charge in [0.25, 0.3) is 10.0 Å². The largest absolute Gasteiger partial charge is 0.507 e. The average Bonchev–Trinajstić information content (AvgIpc) is 2.86. The fourth-order valence-electron chi connectivity index (χ4n) is 4.06. The van der Waals surface area contributed by atoms with Crippen molar-refractivity contribution >= 4 is 37.9 Å². The molecule has 1 aliphatic rings. The van der Waals surface area contributed by atoms with E-state index in [4.69, 9.17) is 4.74 Å². The molecule has 4 aromatic rings. The number of rotatable bonds is 4. The summed E-state index contributed by atoms with van der Waals surface area (Å²) in [7, 11) is -2.59. The minimum absolute atomic E-state index is 0.00172. The topological polar surface area (TPSA) is 93.0 Å². The molecule has 0 heterocycles. The summed E-state index contributed by atoms with van der Waals surface area (Å²) in [6, 6.07) is 23.3. The third-order valence-electron chi connectivity index (χ3n) is 5.73. The van der Waals surface area contributed by atoms with Crippen molar-refractivity contribution in [1.82, 2.24) is 0 Å². The van der Waals surface area contributed by atoms with Gasteiger partial charge < -0.3 is 9.84 Å². The van der Waals surface area contributed by atoms with E-state index in [0.717, 1.165) is 5.39 Å². The molecule has 1 N–H and O–H groups in total. The zero-order valence-electron chi connectivity index (χ0n) is 18.1. The first-order valence-corrected chi connectivity index (χ1v) is 11.9. The molecule has 0 fully saturated rings. The molecule has 6 nitrogen and oxygen atoms in total. The fraction of sp³-hybridized carbons (Fsp3) is 0.0370. The van der Waals surface area contributed by atoms with Crippen LogP contribution in [-0.2, 0) is 10.0 Å². The van der Waals surface area contributed by atoms with Gasteiger partial charge in [-0.15, -0.1) is 0 Å². The fourth-order valence-corrected chi connectivity index (χ4v) is 5.06. The first kappa shape index (κ1) is 21.6. The van der Waals surface area contributed by atoms with E-state index in [1.165, 1.54) is 31.4 Å². The Balaban J connectivity index is 1.74. The van der Waals surface area contributed by atoms with Gasteiger partial charge in [-0.1, -0.05) is 54.6 Å². The highest BCUT2D eigenvalue weighted by Crippen LogP contribution is 2.37. The van der Waals surface area contributed by atoms with Crippen molar-refractivity contribution in [3.05, 3.63) is 108 Å². The standard InChI is InChI=1S/C27H19NO5S/c1-33-18-11-13-19(14-12-18)34(31,32)28-24-16-23(27(30)22-9-5-4-8-21(22)24)26-20-7-3-2-6-17(20)10-15-25(26)29/h2-16,29H,1H3/b28-24-. The molecule has 0 amide bonds. The minimum atomic E-state index is -4.09. The average molecular weight is 470 g/mol. The molecule has 0 aromatic heterocycles. The van der Waals surface area contributed by atoms with E-state index in [0.29, 0.717) is 27.8 Å². The summed E-state index contributed by atoms with van der Waals surface area (Å²) in [6.07, 6.45) is 1.44. The molecule has 0 radical (unpaired) electrons. The predicted molar refractivity (Wildman–Crippen MR) is 131 cm³/mol. The highest BCUT2D eigenvalue weighted by atomic mass is 32.2. The number of hydrogen-bond acceptors (Lipinski definition) is 5.